The molecule has 1 aliphatic rings. The van der Waals surface area contributed by atoms with Crippen LogP contribution in [-0.2, 0) is 4.79 Å². The molecule has 1 saturated heterocycles. The van der Waals surface area contributed by atoms with Gasteiger partial charge in [0, 0.05) is 23.8 Å². The first-order chi connectivity index (χ1) is 11.5. The molecule has 1 aromatic rings. The van der Waals surface area contributed by atoms with Gasteiger partial charge in [-0.15, -0.1) is 0 Å². The zero-order valence-electron chi connectivity index (χ0n) is 14.3. The fourth-order valence-electron chi connectivity index (χ4n) is 2.89. The molecular weight excluding hydrogens is 326 g/mol. The standard InChI is InChI=1S/C18H26ClN3O2/c1-13(2)12-16(17(23)22-10-4-3-5-11-22)21-18(24)20-15-8-6-14(19)7-9-15/h6-9,13,16H,3-5,10-12H2,1-2H3,(H2,20,21,24)/t16-/m0/s1. The Morgan fingerprint density at radius 3 is 2.33 bits per heavy atom. The molecule has 0 bridgehead atoms. The molecule has 0 aromatic heterocycles. The van der Waals surface area contributed by atoms with E-state index in [2.05, 4.69) is 24.5 Å². The van der Waals surface area contributed by atoms with Gasteiger partial charge in [-0.2, -0.15) is 0 Å². The number of likely N-dealkylation sites (tertiary alicyclic amines) is 1. The number of hydrogen-bond acceptors (Lipinski definition) is 2. The van der Waals surface area contributed by atoms with Crippen LogP contribution in [0.4, 0.5) is 10.5 Å². The molecule has 5 nitrogen and oxygen atoms in total. The predicted octanol–water partition coefficient (Wildman–Crippen LogP) is 3.89. The molecule has 2 rings (SSSR count). The molecule has 0 spiro atoms. The zero-order chi connectivity index (χ0) is 17.5. The van der Waals surface area contributed by atoms with Crippen LogP contribution in [0.1, 0.15) is 39.5 Å². The molecule has 2 N–H and O–H groups in total. The maximum absolute atomic E-state index is 12.7. The predicted molar refractivity (Wildman–Crippen MR) is 97.3 cm³/mol. The second-order valence-corrected chi connectivity index (χ2v) is 7.11. The van der Waals surface area contributed by atoms with Gasteiger partial charge in [0.15, 0.2) is 0 Å². The molecule has 1 heterocycles. The first-order valence-electron chi connectivity index (χ1n) is 8.57. The van der Waals surface area contributed by atoms with Gasteiger partial charge in [-0.3, -0.25) is 4.79 Å². The normalized spacial score (nSPS) is 15.9. The van der Waals surface area contributed by atoms with Crippen LogP contribution in [0.25, 0.3) is 0 Å². The highest BCUT2D eigenvalue weighted by Crippen LogP contribution is 2.15. The molecule has 132 valence electrons. The van der Waals surface area contributed by atoms with Crippen molar-refractivity contribution in [1.29, 1.82) is 0 Å². The summed E-state index contributed by atoms with van der Waals surface area (Å²) in [5.41, 5.74) is 0.644. The summed E-state index contributed by atoms with van der Waals surface area (Å²) in [5, 5.41) is 6.20. The van der Waals surface area contributed by atoms with Crippen molar-refractivity contribution in [2.24, 2.45) is 5.92 Å². The molecule has 6 heteroatoms. The molecule has 0 aliphatic carbocycles. The van der Waals surface area contributed by atoms with Gasteiger partial charge in [-0.1, -0.05) is 25.4 Å². The van der Waals surface area contributed by atoms with Crippen LogP contribution in [0, 0.1) is 5.92 Å². The molecule has 0 unspecified atom stereocenters. The summed E-state index contributed by atoms with van der Waals surface area (Å²) in [6, 6.07) is 6.02. The lowest BCUT2D eigenvalue weighted by molar-refractivity contribution is -0.134. The maximum atomic E-state index is 12.7. The summed E-state index contributed by atoms with van der Waals surface area (Å²) >= 11 is 5.84. The average Bonchev–Trinajstić information content (AvgIpc) is 2.56. The number of rotatable bonds is 5. The van der Waals surface area contributed by atoms with Crippen LogP contribution >= 0.6 is 11.6 Å². The summed E-state index contributed by atoms with van der Waals surface area (Å²) in [6.45, 7) is 5.67. The smallest absolute Gasteiger partial charge is 0.319 e. The Bertz CT molecular complexity index is 554. The highest BCUT2D eigenvalue weighted by atomic mass is 35.5. The van der Waals surface area contributed by atoms with E-state index in [1.807, 2.05) is 4.90 Å². The summed E-state index contributed by atoms with van der Waals surface area (Å²) in [6.07, 6.45) is 3.88. The fraction of sp³-hybridized carbons (Fsp3) is 0.556. The number of urea groups is 1. The van der Waals surface area contributed by atoms with Crippen LogP contribution in [-0.4, -0.2) is 36.0 Å². The molecule has 0 saturated carbocycles. The molecule has 1 atom stereocenters. The van der Waals surface area contributed by atoms with E-state index < -0.39 is 6.04 Å². The lowest BCUT2D eigenvalue weighted by Crippen LogP contribution is -2.51. The van der Waals surface area contributed by atoms with Gasteiger partial charge in [0.2, 0.25) is 5.91 Å². The molecule has 0 radical (unpaired) electrons. The van der Waals surface area contributed by atoms with Crippen LogP contribution in [0.15, 0.2) is 24.3 Å². The van der Waals surface area contributed by atoms with E-state index in [0.717, 1.165) is 25.9 Å². The highest BCUT2D eigenvalue weighted by Gasteiger charge is 2.27. The van der Waals surface area contributed by atoms with Gasteiger partial charge in [-0.25, -0.2) is 4.79 Å². The Morgan fingerprint density at radius 1 is 1.12 bits per heavy atom. The minimum absolute atomic E-state index is 0.0228. The largest absolute Gasteiger partial charge is 0.341 e. The maximum Gasteiger partial charge on any atom is 0.319 e. The van der Waals surface area contributed by atoms with Crippen molar-refractivity contribution >= 4 is 29.2 Å². The Morgan fingerprint density at radius 2 is 1.75 bits per heavy atom. The van der Waals surface area contributed by atoms with Crippen molar-refractivity contribution in [1.82, 2.24) is 10.2 Å². The number of amides is 3. The Balaban J connectivity index is 1.97. The van der Waals surface area contributed by atoms with Crippen molar-refractivity contribution < 1.29 is 9.59 Å². The monoisotopic (exact) mass is 351 g/mol. The minimum atomic E-state index is -0.490. The van der Waals surface area contributed by atoms with E-state index in [0.29, 0.717) is 23.0 Å². The Labute approximate surface area is 148 Å². The highest BCUT2D eigenvalue weighted by molar-refractivity contribution is 6.30. The quantitative estimate of drug-likeness (QED) is 0.845. The first-order valence-corrected chi connectivity index (χ1v) is 8.95. The van der Waals surface area contributed by atoms with Crippen LogP contribution in [0.5, 0.6) is 0 Å². The molecular formula is C18H26ClN3O2. The molecule has 1 aromatic carbocycles. The molecule has 1 aliphatic heterocycles. The summed E-state index contributed by atoms with van der Waals surface area (Å²) < 4.78 is 0. The third-order valence-corrected chi connectivity index (χ3v) is 4.33. The lowest BCUT2D eigenvalue weighted by Gasteiger charge is -2.31. The number of anilines is 1. The summed E-state index contributed by atoms with van der Waals surface area (Å²) in [4.78, 5) is 26.9. The van der Waals surface area contributed by atoms with Gasteiger partial charge in [-0.05, 0) is 55.9 Å². The second-order valence-electron chi connectivity index (χ2n) is 6.67. The fourth-order valence-corrected chi connectivity index (χ4v) is 3.01. The average molecular weight is 352 g/mol. The van der Waals surface area contributed by atoms with E-state index in [-0.39, 0.29) is 11.9 Å². The Hall–Kier alpha value is -1.75. The van der Waals surface area contributed by atoms with E-state index in [1.165, 1.54) is 6.42 Å². The number of nitrogens with one attached hydrogen (secondary N) is 2. The number of hydrogen-bond donors (Lipinski definition) is 2. The topological polar surface area (TPSA) is 61.4 Å². The third kappa shape index (κ3) is 5.71. The van der Waals surface area contributed by atoms with Crippen molar-refractivity contribution in [3.8, 4) is 0 Å². The van der Waals surface area contributed by atoms with Crippen molar-refractivity contribution in [2.75, 3.05) is 18.4 Å². The van der Waals surface area contributed by atoms with E-state index in [9.17, 15) is 9.59 Å². The summed E-state index contributed by atoms with van der Waals surface area (Å²) in [7, 11) is 0. The van der Waals surface area contributed by atoms with Gasteiger partial charge < -0.3 is 15.5 Å². The number of piperidine rings is 1. The minimum Gasteiger partial charge on any atom is -0.341 e. The van der Waals surface area contributed by atoms with Crippen molar-refractivity contribution in [3.63, 3.8) is 0 Å². The molecule has 24 heavy (non-hydrogen) atoms. The van der Waals surface area contributed by atoms with Crippen LogP contribution in [0.2, 0.25) is 5.02 Å². The lowest BCUT2D eigenvalue weighted by atomic mass is 10.0. The number of carbonyl (C=O) groups excluding carboxylic acids is 2. The van der Waals surface area contributed by atoms with Crippen molar-refractivity contribution in [2.45, 2.75) is 45.6 Å². The van der Waals surface area contributed by atoms with E-state index in [4.69, 9.17) is 11.6 Å². The summed E-state index contributed by atoms with van der Waals surface area (Å²) in [5.74, 6) is 0.342. The van der Waals surface area contributed by atoms with Crippen molar-refractivity contribution in [3.05, 3.63) is 29.3 Å². The van der Waals surface area contributed by atoms with Gasteiger partial charge in [0.05, 0.1) is 0 Å². The van der Waals surface area contributed by atoms with E-state index >= 15 is 0 Å². The number of carbonyl (C=O) groups is 2. The van der Waals surface area contributed by atoms with Crippen LogP contribution < -0.4 is 10.6 Å². The van der Waals surface area contributed by atoms with Gasteiger partial charge in [0.25, 0.3) is 0 Å². The van der Waals surface area contributed by atoms with E-state index in [1.54, 1.807) is 24.3 Å². The Kier molecular flexibility index (Phi) is 6.91. The first kappa shape index (κ1) is 18.6. The SMILES string of the molecule is CC(C)C[C@H](NC(=O)Nc1ccc(Cl)cc1)C(=O)N1CCCCC1. The van der Waals surface area contributed by atoms with Gasteiger partial charge in [0.1, 0.15) is 6.04 Å². The van der Waals surface area contributed by atoms with Crippen LogP contribution in [0.3, 0.4) is 0 Å². The number of halogens is 1. The molecule has 3 amide bonds. The number of benzene rings is 1. The molecule has 1 fully saturated rings. The third-order valence-electron chi connectivity index (χ3n) is 4.08. The zero-order valence-corrected chi connectivity index (χ0v) is 15.1. The second kappa shape index (κ2) is 8.92. The van der Waals surface area contributed by atoms with Gasteiger partial charge >= 0.3 is 6.03 Å². The number of nitrogens with zero attached hydrogens (tertiary/aromatic N) is 1.